The minimum absolute atomic E-state index is 0.235. The second-order valence-corrected chi connectivity index (χ2v) is 10.1. The van der Waals surface area contributed by atoms with E-state index in [2.05, 4.69) is 37.2 Å². The molecule has 0 saturated heterocycles. The maximum atomic E-state index is 14.1. The van der Waals surface area contributed by atoms with Gasteiger partial charge >= 0.3 is 6.03 Å². The first-order valence-electron chi connectivity index (χ1n) is 11.7. The van der Waals surface area contributed by atoms with Crippen LogP contribution in [0.1, 0.15) is 27.9 Å². The number of aromatic nitrogens is 2. The summed E-state index contributed by atoms with van der Waals surface area (Å²) < 4.78 is 16.5. The minimum atomic E-state index is -0.355. The van der Waals surface area contributed by atoms with Gasteiger partial charge in [0.1, 0.15) is 10.4 Å². The Labute approximate surface area is 227 Å². The summed E-state index contributed by atoms with van der Waals surface area (Å²) in [7, 11) is 0. The van der Waals surface area contributed by atoms with Gasteiger partial charge in [-0.1, -0.05) is 35.9 Å². The molecule has 0 fully saturated rings. The van der Waals surface area contributed by atoms with Crippen molar-refractivity contribution in [2.24, 2.45) is 0 Å². The van der Waals surface area contributed by atoms with Gasteiger partial charge in [0.15, 0.2) is 0 Å². The first-order chi connectivity index (χ1) is 17.9. The lowest BCUT2D eigenvalue weighted by Gasteiger charge is -2.27. The standard InChI is InChI=1S/C28H22BrClFN5O/c29-27-13-19(7-9-33-27)16-34-28(37)36-25-8-11-35(10-1-2-20-4-5-21(30)14-24(20)31)17-23(25)22-6-3-18(15-32)12-26(22)36/h1-7,9,12-14H,8,10-11,16-17H2,(H,34,37)/b2-1+. The quantitative estimate of drug-likeness (QED) is 0.282. The van der Waals surface area contributed by atoms with Crippen LogP contribution in [-0.2, 0) is 19.5 Å². The van der Waals surface area contributed by atoms with Crippen molar-refractivity contribution >= 4 is 50.5 Å². The van der Waals surface area contributed by atoms with Crippen LogP contribution in [0.4, 0.5) is 9.18 Å². The lowest BCUT2D eigenvalue weighted by atomic mass is 10.0. The van der Waals surface area contributed by atoms with E-state index < -0.39 is 0 Å². The van der Waals surface area contributed by atoms with Crippen LogP contribution in [0.15, 0.2) is 65.4 Å². The van der Waals surface area contributed by atoms with Crippen molar-refractivity contribution in [2.45, 2.75) is 19.5 Å². The highest BCUT2D eigenvalue weighted by Crippen LogP contribution is 2.31. The van der Waals surface area contributed by atoms with Gasteiger partial charge in [-0.05, 0) is 63.5 Å². The number of nitrogens with one attached hydrogen (secondary N) is 1. The van der Waals surface area contributed by atoms with Gasteiger partial charge in [0.25, 0.3) is 0 Å². The zero-order chi connectivity index (χ0) is 25.9. The zero-order valence-electron chi connectivity index (χ0n) is 19.7. The molecule has 1 amide bonds. The fourth-order valence-electron chi connectivity index (χ4n) is 4.65. The molecule has 37 heavy (non-hydrogen) atoms. The number of amides is 1. The average Bonchev–Trinajstić information content (AvgIpc) is 3.21. The molecule has 1 aliphatic rings. The van der Waals surface area contributed by atoms with Crippen molar-refractivity contribution in [3.8, 4) is 6.07 Å². The van der Waals surface area contributed by atoms with Gasteiger partial charge in [-0.2, -0.15) is 5.26 Å². The number of hydrogen-bond acceptors (Lipinski definition) is 4. The second-order valence-electron chi connectivity index (χ2n) is 8.80. The van der Waals surface area contributed by atoms with E-state index in [1.54, 1.807) is 41.1 Å². The number of fused-ring (bicyclic) bond motifs is 3. The summed E-state index contributed by atoms with van der Waals surface area (Å²) in [5, 5.41) is 13.8. The first kappa shape index (κ1) is 25.2. The van der Waals surface area contributed by atoms with E-state index in [0.717, 1.165) is 34.3 Å². The molecule has 4 aromatic rings. The Hall–Kier alpha value is -3.51. The van der Waals surface area contributed by atoms with Crippen LogP contribution < -0.4 is 5.32 Å². The molecule has 2 aromatic heterocycles. The van der Waals surface area contributed by atoms with Gasteiger partial charge in [-0.25, -0.2) is 14.2 Å². The van der Waals surface area contributed by atoms with Crippen LogP contribution in [0, 0.1) is 17.1 Å². The first-order valence-corrected chi connectivity index (χ1v) is 12.9. The van der Waals surface area contributed by atoms with E-state index in [9.17, 15) is 14.4 Å². The van der Waals surface area contributed by atoms with Crippen LogP contribution in [-0.4, -0.2) is 33.6 Å². The molecule has 1 aliphatic heterocycles. The summed E-state index contributed by atoms with van der Waals surface area (Å²) in [6.07, 6.45) is 6.05. The Kier molecular flexibility index (Phi) is 7.38. The number of rotatable bonds is 5. The van der Waals surface area contributed by atoms with Crippen LogP contribution in [0.25, 0.3) is 17.0 Å². The number of benzene rings is 2. The van der Waals surface area contributed by atoms with Crippen molar-refractivity contribution in [3.63, 3.8) is 0 Å². The Morgan fingerprint density at radius 3 is 2.89 bits per heavy atom. The molecule has 9 heteroatoms. The summed E-state index contributed by atoms with van der Waals surface area (Å²) >= 11 is 9.20. The van der Waals surface area contributed by atoms with Crippen molar-refractivity contribution in [2.75, 3.05) is 13.1 Å². The van der Waals surface area contributed by atoms with Crippen LogP contribution >= 0.6 is 27.5 Å². The number of pyridine rings is 1. The van der Waals surface area contributed by atoms with Crippen molar-refractivity contribution in [1.29, 1.82) is 5.26 Å². The van der Waals surface area contributed by atoms with E-state index >= 15 is 0 Å². The van der Waals surface area contributed by atoms with E-state index in [0.29, 0.717) is 46.8 Å². The van der Waals surface area contributed by atoms with Gasteiger partial charge in [0, 0.05) is 60.5 Å². The Morgan fingerprint density at radius 2 is 2.11 bits per heavy atom. The Bertz CT molecular complexity index is 1580. The minimum Gasteiger partial charge on any atom is -0.333 e. The van der Waals surface area contributed by atoms with Gasteiger partial charge < -0.3 is 5.32 Å². The normalized spacial score (nSPS) is 13.6. The van der Waals surface area contributed by atoms with Crippen molar-refractivity contribution < 1.29 is 9.18 Å². The molecule has 5 rings (SSSR count). The molecule has 0 unspecified atom stereocenters. The highest BCUT2D eigenvalue weighted by Gasteiger charge is 2.26. The van der Waals surface area contributed by atoms with E-state index in [1.807, 2.05) is 24.3 Å². The summed E-state index contributed by atoms with van der Waals surface area (Å²) in [6.45, 7) is 2.37. The third-order valence-electron chi connectivity index (χ3n) is 6.42. The molecule has 0 bridgehead atoms. The summed E-state index contributed by atoms with van der Waals surface area (Å²) in [4.78, 5) is 19.8. The number of carbonyl (C=O) groups is 1. The largest absolute Gasteiger partial charge is 0.333 e. The predicted molar refractivity (Wildman–Crippen MR) is 146 cm³/mol. The molecule has 186 valence electrons. The Balaban J connectivity index is 1.39. The van der Waals surface area contributed by atoms with Crippen LogP contribution in [0.2, 0.25) is 5.02 Å². The average molecular weight is 579 g/mol. The Morgan fingerprint density at radius 1 is 1.24 bits per heavy atom. The van der Waals surface area contributed by atoms with Gasteiger partial charge in [-0.15, -0.1) is 0 Å². The predicted octanol–water partition coefficient (Wildman–Crippen LogP) is 6.29. The number of hydrogen-bond donors (Lipinski definition) is 1. The summed E-state index contributed by atoms with van der Waals surface area (Å²) in [6, 6.07) is 15.7. The second kappa shape index (κ2) is 10.9. The van der Waals surface area contributed by atoms with Crippen LogP contribution in [0.5, 0.6) is 0 Å². The third-order valence-corrected chi connectivity index (χ3v) is 7.09. The fourth-order valence-corrected chi connectivity index (χ4v) is 5.22. The van der Waals surface area contributed by atoms with Gasteiger partial charge in [0.2, 0.25) is 0 Å². The lowest BCUT2D eigenvalue weighted by molar-refractivity contribution is 0.240. The van der Waals surface area contributed by atoms with Crippen molar-refractivity contribution in [3.05, 3.63) is 104 Å². The number of halogens is 3. The van der Waals surface area contributed by atoms with Crippen LogP contribution in [0.3, 0.4) is 0 Å². The maximum Gasteiger partial charge on any atom is 0.326 e. The molecule has 0 radical (unpaired) electrons. The molecule has 1 N–H and O–H groups in total. The van der Waals surface area contributed by atoms with E-state index in [-0.39, 0.29) is 11.8 Å². The number of nitrogens with zero attached hydrogens (tertiary/aromatic N) is 4. The third kappa shape index (κ3) is 5.44. The monoisotopic (exact) mass is 577 g/mol. The van der Waals surface area contributed by atoms with Crippen molar-refractivity contribution in [1.82, 2.24) is 19.8 Å². The number of carbonyl (C=O) groups excluding carboxylic acids is 1. The van der Waals surface area contributed by atoms with E-state index in [4.69, 9.17) is 11.6 Å². The molecule has 6 nitrogen and oxygen atoms in total. The lowest BCUT2D eigenvalue weighted by Crippen LogP contribution is -2.34. The van der Waals surface area contributed by atoms with Gasteiger partial charge in [-0.3, -0.25) is 9.47 Å². The molecule has 3 heterocycles. The topological polar surface area (TPSA) is 74.0 Å². The smallest absolute Gasteiger partial charge is 0.326 e. The molecular weight excluding hydrogens is 557 g/mol. The highest BCUT2D eigenvalue weighted by atomic mass is 79.9. The molecular formula is C28H22BrClFN5O. The summed E-state index contributed by atoms with van der Waals surface area (Å²) in [5.41, 5.74) is 4.65. The SMILES string of the molecule is N#Cc1ccc2c3c(n(C(=O)NCc4ccnc(Br)c4)c2c1)CCN(C/C=C/c1ccc(Cl)cc1F)C3. The maximum absolute atomic E-state index is 14.1. The van der Waals surface area contributed by atoms with E-state index in [1.165, 1.54) is 6.07 Å². The fraction of sp³-hybridized carbons (Fsp3) is 0.179. The highest BCUT2D eigenvalue weighted by molar-refractivity contribution is 9.10. The molecule has 0 saturated carbocycles. The molecule has 0 atom stereocenters. The molecule has 0 aliphatic carbocycles. The van der Waals surface area contributed by atoms with Gasteiger partial charge in [0.05, 0.1) is 17.1 Å². The molecule has 0 spiro atoms. The number of nitriles is 1. The molecule has 2 aromatic carbocycles. The summed E-state index contributed by atoms with van der Waals surface area (Å²) in [5.74, 6) is -0.355. The zero-order valence-corrected chi connectivity index (χ0v) is 22.1.